The van der Waals surface area contributed by atoms with E-state index in [2.05, 4.69) is 10.1 Å². The van der Waals surface area contributed by atoms with Gasteiger partial charge in [-0.25, -0.2) is 9.59 Å². The quantitative estimate of drug-likeness (QED) is 0.567. The van der Waals surface area contributed by atoms with E-state index in [9.17, 15) is 14.4 Å². The van der Waals surface area contributed by atoms with Crippen LogP contribution in [0.4, 0.5) is 0 Å². The van der Waals surface area contributed by atoms with Gasteiger partial charge in [0.25, 0.3) is 0 Å². The number of rotatable bonds is 5. The molecule has 0 spiro atoms. The summed E-state index contributed by atoms with van der Waals surface area (Å²) in [5.41, 5.74) is 1.72. The van der Waals surface area contributed by atoms with Crippen LogP contribution in [0, 0.1) is 0 Å². The summed E-state index contributed by atoms with van der Waals surface area (Å²) in [7, 11) is 1.24. The Kier molecular flexibility index (Phi) is 7.10. The van der Waals surface area contributed by atoms with Gasteiger partial charge in [-0.1, -0.05) is 35.3 Å². The highest BCUT2D eigenvalue weighted by molar-refractivity contribution is 6.42. The molecule has 0 saturated heterocycles. The molecular formula is C19H19Cl2NO6. The molecular weight excluding hydrogens is 409 g/mol. The Morgan fingerprint density at radius 3 is 2.21 bits per heavy atom. The van der Waals surface area contributed by atoms with Crippen LogP contribution < -0.4 is 5.32 Å². The van der Waals surface area contributed by atoms with Gasteiger partial charge in [0.15, 0.2) is 0 Å². The first-order valence-electron chi connectivity index (χ1n) is 8.20. The van der Waals surface area contributed by atoms with E-state index in [1.807, 2.05) is 0 Å². The number of methoxy groups -OCH3 is 1. The maximum absolute atomic E-state index is 12.8. The number of hydrogen-bond acceptors (Lipinski definition) is 7. The van der Waals surface area contributed by atoms with Crippen LogP contribution >= 0.6 is 23.2 Å². The lowest BCUT2D eigenvalue weighted by Crippen LogP contribution is -2.32. The summed E-state index contributed by atoms with van der Waals surface area (Å²) in [5, 5.41) is 3.45. The Balaban J connectivity index is 2.58. The molecule has 150 valence electrons. The maximum atomic E-state index is 12.8. The average Bonchev–Trinajstić information content (AvgIpc) is 2.62. The largest absolute Gasteiger partial charge is 0.466 e. The van der Waals surface area contributed by atoms with E-state index in [1.54, 1.807) is 32.0 Å². The van der Waals surface area contributed by atoms with E-state index < -0.39 is 30.6 Å². The molecule has 0 saturated carbocycles. The molecule has 1 heterocycles. The number of carbonyl (C=O) groups excluding carboxylic acids is 3. The molecule has 1 aliphatic heterocycles. The summed E-state index contributed by atoms with van der Waals surface area (Å²) in [5.74, 6) is -2.89. The van der Waals surface area contributed by atoms with Crippen LogP contribution in [-0.2, 0) is 28.6 Å². The number of hydrogen-bond donors (Lipinski definition) is 1. The van der Waals surface area contributed by atoms with Crippen LogP contribution in [0.25, 0.3) is 0 Å². The molecule has 2 rings (SSSR count). The first-order valence-corrected chi connectivity index (χ1v) is 8.95. The van der Waals surface area contributed by atoms with Crippen LogP contribution in [0.1, 0.15) is 32.3 Å². The Morgan fingerprint density at radius 2 is 1.64 bits per heavy atom. The van der Waals surface area contributed by atoms with Gasteiger partial charge in [0.1, 0.15) is 0 Å². The highest BCUT2D eigenvalue weighted by atomic mass is 35.5. The molecule has 0 radical (unpaired) electrons. The SMILES string of the molecule is COC(=O)C1=C(C)NC(C)=C(C(=O)OCOC(C)=O)C1c1cccc(Cl)c1Cl. The molecule has 28 heavy (non-hydrogen) atoms. The Bertz CT molecular complexity index is 890. The van der Waals surface area contributed by atoms with Gasteiger partial charge < -0.3 is 19.5 Å². The first kappa shape index (κ1) is 21.8. The Labute approximate surface area is 172 Å². The smallest absolute Gasteiger partial charge is 0.339 e. The van der Waals surface area contributed by atoms with Crippen molar-refractivity contribution in [1.29, 1.82) is 0 Å². The van der Waals surface area contributed by atoms with Crippen LogP contribution in [-0.4, -0.2) is 31.8 Å². The highest BCUT2D eigenvalue weighted by Gasteiger charge is 2.39. The number of halogens is 2. The van der Waals surface area contributed by atoms with Gasteiger partial charge >= 0.3 is 17.9 Å². The normalized spacial score (nSPS) is 16.4. The minimum Gasteiger partial charge on any atom is -0.466 e. The minimum atomic E-state index is -0.885. The molecule has 1 N–H and O–H groups in total. The molecule has 0 bridgehead atoms. The average molecular weight is 428 g/mol. The van der Waals surface area contributed by atoms with Crippen molar-refractivity contribution in [3.05, 3.63) is 56.3 Å². The number of dihydropyridines is 1. The number of ether oxygens (including phenoxy) is 3. The van der Waals surface area contributed by atoms with E-state index in [-0.39, 0.29) is 21.2 Å². The van der Waals surface area contributed by atoms with E-state index in [4.69, 9.17) is 32.7 Å². The maximum Gasteiger partial charge on any atom is 0.339 e. The first-order chi connectivity index (χ1) is 13.2. The third-order valence-electron chi connectivity index (χ3n) is 4.13. The molecule has 1 aromatic rings. The van der Waals surface area contributed by atoms with Gasteiger partial charge in [-0.2, -0.15) is 0 Å². The van der Waals surface area contributed by atoms with E-state index in [0.717, 1.165) is 0 Å². The second-order valence-corrected chi connectivity index (χ2v) is 6.74. The summed E-state index contributed by atoms with van der Waals surface area (Å²) < 4.78 is 14.6. The zero-order valence-electron chi connectivity index (χ0n) is 15.7. The fourth-order valence-corrected chi connectivity index (χ4v) is 3.36. The highest BCUT2D eigenvalue weighted by Crippen LogP contribution is 2.43. The number of esters is 3. The second-order valence-electron chi connectivity index (χ2n) is 5.96. The summed E-state index contributed by atoms with van der Waals surface area (Å²) >= 11 is 12.5. The molecule has 9 heteroatoms. The standard InChI is InChI=1S/C19H19Cl2NO6/c1-9-14(18(24)26-4)16(12-6-5-7-13(20)17(12)21)15(10(2)22-9)19(25)28-8-27-11(3)23/h5-7,16,22H,8H2,1-4H3. The lowest BCUT2D eigenvalue weighted by atomic mass is 9.80. The van der Waals surface area contributed by atoms with Crippen LogP contribution in [0.5, 0.6) is 0 Å². The fraction of sp³-hybridized carbons (Fsp3) is 0.316. The van der Waals surface area contributed by atoms with Gasteiger partial charge in [-0.15, -0.1) is 0 Å². The van der Waals surface area contributed by atoms with E-state index >= 15 is 0 Å². The molecule has 0 aliphatic carbocycles. The van der Waals surface area contributed by atoms with Crippen LogP contribution in [0.3, 0.4) is 0 Å². The van der Waals surface area contributed by atoms with Gasteiger partial charge in [-0.3, -0.25) is 4.79 Å². The molecule has 0 amide bonds. The molecule has 0 fully saturated rings. The molecule has 1 atom stereocenters. The number of benzene rings is 1. The Hall–Kier alpha value is -2.51. The summed E-state index contributed by atoms with van der Waals surface area (Å²) in [6.45, 7) is 3.97. The lowest BCUT2D eigenvalue weighted by molar-refractivity contribution is -0.163. The van der Waals surface area contributed by atoms with Gasteiger partial charge in [0.2, 0.25) is 6.79 Å². The van der Waals surface area contributed by atoms with Crippen molar-refractivity contribution in [2.24, 2.45) is 0 Å². The number of carbonyl (C=O) groups is 3. The van der Waals surface area contributed by atoms with E-state index in [0.29, 0.717) is 17.0 Å². The van der Waals surface area contributed by atoms with Gasteiger partial charge in [0, 0.05) is 18.3 Å². The fourth-order valence-electron chi connectivity index (χ4n) is 2.94. The molecule has 1 unspecified atom stereocenters. The van der Waals surface area contributed by atoms with Gasteiger partial charge in [0.05, 0.1) is 34.2 Å². The number of nitrogens with one attached hydrogen (secondary N) is 1. The monoisotopic (exact) mass is 427 g/mol. The van der Waals surface area contributed by atoms with Crippen molar-refractivity contribution in [2.45, 2.75) is 26.7 Å². The van der Waals surface area contributed by atoms with Crippen molar-refractivity contribution in [3.63, 3.8) is 0 Å². The van der Waals surface area contributed by atoms with E-state index in [1.165, 1.54) is 14.0 Å². The van der Waals surface area contributed by atoms with Crippen molar-refractivity contribution < 1.29 is 28.6 Å². The second kappa shape index (κ2) is 9.12. The summed E-state index contributed by atoms with van der Waals surface area (Å²) in [6, 6.07) is 4.91. The van der Waals surface area contributed by atoms with Crippen molar-refractivity contribution in [2.75, 3.05) is 13.9 Å². The van der Waals surface area contributed by atoms with Crippen molar-refractivity contribution >= 4 is 41.1 Å². The third kappa shape index (κ3) is 4.48. The van der Waals surface area contributed by atoms with Crippen LogP contribution in [0.2, 0.25) is 10.0 Å². The number of allylic oxidation sites excluding steroid dienone is 2. The van der Waals surface area contributed by atoms with Crippen molar-refractivity contribution in [3.8, 4) is 0 Å². The zero-order chi connectivity index (χ0) is 21.0. The predicted molar refractivity (Wildman–Crippen MR) is 102 cm³/mol. The molecule has 7 nitrogen and oxygen atoms in total. The topological polar surface area (TPSA) is 90.9 Å². The van der Waals surface area contributed by atoms with Gasteiger partial charge in [-0.05, 0) is 25.5 Å². The minimum absolute atomic E-state index is 0.127. The zero-order valence-corrected chi connectivity index (χ0v) is 17.2. The summed E-state index contributed by atoms with van der Waals surface area (Å²) in [4.78, 5) is 36.2. The molecule has 0 aromatic heterocycles. The summed E-state index contributed by atoms with van der Waals surface area (Å²) in [6.07, 6.45) is 0. The third-order valence-corrected chi connectivity index (χ3v) is 4.96. The van der Waals surface area contributed by atoms with Crippen molar-refractivity contribution in [1.82, 2.24) is 5.32 Å². The molecule has 1 aromatic carbocycles. The van der Waals surface area contributed by atoms with Crippen LogP contribution in [0.15, 0.2) is 40.7 Å². The molecule has 1 aliphatic rings. The Morgan fingerprint density at radius 1 is 1.04 bits per heavy atom. The predicted octanol–water partition coefficient (Wildman–Crippen LogP) is 3.47. The lowest BCUT2D eigenvalue weighted by Gasteiger charge is -2.30.